The van der Waals surface area contributed by atoms with Crippen molar-refractivity contribution >= 4 is 11.6 Å². The monoisotopic (exact) mass is 346 g/mol. The number of amides is 1. The van der Waals surface area contributed by atoms with Gasteiger partial charge in [-0.05, 0) is 30.0 Å². The number of nitrogens with zero attached hydrogens (tertiary/aromatic N) is 2. The lowest BCUT2D eigenvalue weighted by Crippen LogP contribution is -2.26. The molecule has 0 radical (unpaired) electrons. The zero-order chi connectivity index (χ0) is 17.9. The molecule has 0 fully saturated rings. The average molecular weight is 346 g/mol. The van der Waals surface area contributed by atoms with E-state index in [2.05, 4.69) is 45.7 Å². The summed E-state index contributed by atoms with van der Waals surface area (Å²) in [7, 11) is 2.13. The fourth-order valence-corrected chi connectivity index (χ4v) is 3.51. The highest BCUT2D eigenvalue weighted by Crippen LogP contribution is 2.27. The van der Waals surface area contributed by atoms with Gasteiger partial charge in [0.05, 0.1) is 17.5 Å². The van der Waals surface area contributed by atoms with E-state index in [1.54, 1.807) is 6.20 Å². The zero-order valence-corrected chi connectivity index (χ0v) is 14.8. The van der Waals surface area contributed by atoms with E-state index >= 15 is 0 Å². The number of aryl methyl sites for hydroxylation is 1. The van der Waals surface area contributed by atoms with Crippen LogP contribution in [0.2, 0.25) is 0 Å². The molecule has 2 aromatic carbocycles. The molecule has 1 aliphatic heterocycles. The van der Waals surface area contributed by atoms with Crippen molar-refractivity contribution in [2.75, 3.05) is 18.5 Å². The third-order valence-electron chi connectivity index (χ3n) is 4.89. The number of benzene rings is 2. The van der Waals surface area contributed by atoms with Gasteiger partial charge in [0.2, 0.25) is 0 Å². The third kappa shape index (κ3) is 3.20. The van der Waals surface area contributed by atoms with E-state index in [4.69, 9.17) is 0 Å². The first kappa shape index (κ1) is 16.4. The number of carbonyl (C=O) groups is 1. The number of carbonyl (C=O) groups excluding carboxylic acids is 1. The number of anilines is 1. The van der Waals surface area contributed by atoms with Crippen molar-refractivity contribution in [1.29, 1.82) is 0 Å². The molecule has 0 unspecified atom stereocenters. The molecule has 4 rings (SSSR count). The van der Waals surface area contributed by atoms with Crippen LogP contribution in [0.25, 0.3) is 11.3 Å². The SMILES string of the molecule is CN1CCCc2cc(CNC(=O)c3cn[nH]c3-c3ccccc3)ccc21. The minimum atomic E-state index is -0.118. The van der Waals surface area contributed by atoms with Crippen molar-refractivity contribution in [3.05, 3.63) is 71.4 Å². The Kier molecular flexibility index (Phi) is 4.44. The van der Waals surface area contributed by atoms with E-state index in [-0.39, 0.29) is 5.91 Å². The predicted octanol–water partition coefficient (Wildman–Crippen LogP) is 3.39. The molecule has 2 N–H and O–H groups in total. The molecule has 26 heavy (non-hydrogen) atoms. The first-order chi connectivity index (χ1) is 12.7. The van der Waals surface area contributed by atoms with E-state index in [9.17, 15) is 4.79 Å². The van der Waals surface area contributed by atoms with Gasteiger partial charge in [-0.1, -0.05) is 42.5 Å². The van der Waals surface area contributed by atoms with Gasteiger partial charge in [-0.25, -0.2) is 0 Å². The molecule has 1 aromatic heterocycles. The Bertz CT molecular complexity index is 917. The molecule has 1 amide bonds. The number of fused-ring (bicyclic) bond motifs is 1. The highest BCUT2D eigenvalue weighted by Gasteiger charge is 2.16. The highest BCUT2D eigenvalue weighted by atomic mass is 16.1. The number of aromatic amines is 1. The maximum absolute atomic E-state index is 12.6. The van der Waals surface area contributed by atoms with Crippen molar-refractivity contribution in [1.82, 2.24) is 15.5 Å². The fourth-order valence-electron chi connectivity index (χ4n) is 3.51. The number of hydrogen-bond donors (Lipinski definition) is 2. The molecule has 0 saturated heterocycles. The van der Waals surface area contributed by atoms with Crippen LogP contribution < -0.4 is 10.2 Å². The second-order valence-corrected chi connectivity index (χ2v) is 6.70. The maximum Gasteiger partial charge on any atom is 0.255 e. The van der Waals surface area contributed by atoms with Crippen molar-refractivity contribution in [3.8, 4) is 11.3 Å². The summed E-state index contributed by atoms with van der Waals surface area (Å²) in [6.45, 7) is 1.61. The predicted molar refractivity (Wildman–Crippen MR) is 103 cm³/mol. The van der Waals surface area contributed by atoms with Crippen molar-refractivity contribution in [2.45, 2.75) is 19.4 Å². The number of aromatic nitrogens is 2. The van der Waals surface area contributed by atoms with Crippen LogP contribution >= 0.6 is 0 Å². The van der Waals surface area contributed by atoms with Crippen LogP contribution in [0.4, 0.5) is 5.69 Å². The van der Waals surface area contributed by atoms with Crippen LogP contribution in [0.15, 0.2) is 54.7 Å². The Morgan fingerprint density at radius 1 is 1.23 bits per heavy atom. The summed E-state index contributed by atoms with van der Waals surface area (Å²) in [5, 5.41) is 10.00. The summed E-state index contributed by atoms with van der Waals surface area (Å²) in [6.07, 6.45) is 3.86. The first-order valence-electron chi connectivity index (χ1n) is 8.92. The summed E-state index contributed by atoms with van der Waals surface area (Å²) in [5.41, 5.74) is 6.04. The summed E-state index contributed by atoms with van der Waals surface area (Å²) in [6, 6.07) is 16.2. The average Bonchev–Trinajstić information content (AvgIpc) is 3.17. The quantitative estimate of drug-likeness (QED) is 0.761. The first-order valence-corrected chi connectivity index (χ1v) is 8.92. The van der Waals surface area contributed by atoms with Gasteiger partial charge in [-0.2, -0.15) is 5.10 Å². The standard InChI is InChI=1S/C21H22N4O/c1-25-11-5-8-17-12-15(9-10-19(17)25)13-22-21(26)18-14-23-24-20(18)16-6-3-2-4-7-16/h2-4,6-7,9-10,12,14H,5,8,11,13H2,1H3,(H,22,26)(H,23,24). The minimum absolute atomic E-state index is 0.118. The second kappa shape index (κ2) is 7.04. The minimum Gasteiger partial charge on any atom is -0.374 e. The van der Waals surface area contributed by atoms with Gasteiger partial charge in [-0.3, -0.25) is 9.89 Å². The Morgan fingerprint density at radius 3 is 2.92 bits per heavy atom. The zero-order valence-electron chi connectivity index (χ0n) is 14.8. The molecular weight excluding hydrogens is 324 g/mol. The lowest BCUT2D eigenvalue weighted by Gasteiger charge is -2.27. The molecule has 5 nitrogen and oxygen atoms in total. The number of rotatable bonds is 4. The molecule has 5 heteroatoms. The van der Waals surface area contributed by atoms with Crippen LogP contribution in [0.5, 0.6) is 0 Å². The van der Waals surface area contributed by atoms with Crippen molar-refractivity contribution < 1.29 is 4.79 Å². The van der Waals surface area contributed by atoms with Crippen LogP contribution in [0.1, 0.15) is 27.9 Å². The highest BCUT2D eigenvalue weighted by molar-refractivity contribution is 5.99. The number of nitrogens with one attached hydrogen (secondary N) is 2. The van der Waals surface area contributed by atoms with Gasteiger partial charge in [0, 0.05) is 31.4 Å². The second-order valence-electron chi connectivity index (χ2n) is 6.70. The summed E-state index contributed by atoms with van der Waals surface area (Å²) in [4.78, 5) is 14.9. The van der Waals surface area contributed by atoms with Crippen LogP contribution in [0, 0.1) is 0 Å². The van der Waals surface area contributed by atoms with Crippen molar-refractivity contribution in [3.63, 3.8) is 0 Å². The smallest absolute Gasteiger partial charge is 0.255 e. The summed E-state index contributed by atoms with van der Waals surface area (Å²) >= 11 is 0. The van der Waals surface area contributed by atoms with Gasteiger partial charge >= 0.3 is 0 Å². The van der Waals surface area contributed by atoms with E-state index in [0.29, 0.717) is 12.1 Å². The van der Waals surface area contributed by atoms with E-state index in [1.165, 1.54) is 17.7 Å². The Balaban J connectivity index is 1.48. The normalized spacial score (nSPS) is 13.3. The number of H-pyrrole nitrogens is 1. The largest absolute Gasteiger partial charge is 0.374 e. The molecule has 0 spiro atoms. The van der Waals surface area contributed by atoms with E-state index in [0.717, 1.165) is 29.8 Å². The van der Waals surface area contributed by atoms with E-state index in [1.807, 2.05) is 30.3 Å². The fraction of sp³-hybridized carbons (Fsp3) is 0.238. The van der Waals surface area contributed by atoms with Crippen LogP contribution in [-0.4, -0.2) is 29.7 Å². The lowest BCUT2D eigenvalue weighted by atomic mass is 9.99. The molecule has 0 bridgehead atoms. The summed E-state index contributed by atoms with van der Waals surface area (Å²) in [5.74, 6) is -0.118. The molecule has 0 saturated carbocycles. The lowest BCUT2D eigenvalue weighted by molar-refractivity contribution is 0.0951. The van der Waals surface area contributed by atoms with Gasteiger partial charge in [0.25, 0.3) is 5.91 Å². The molecule has 2 heterocycles. The van der Waals surface area contributed by atoms with Gasteiger partial charge in [0.15, 0.2) is 0 Å². The molecule has 0 aliphatic carbocycles. The molecule has 3 aromatic rings. The summed E-state index contributed by atoms with van der Waals surface area (Å²) < 4.78 is 0. The maximum atomic E-state index is 12.6. The van der Waals surface area contributed by atoms with Gasteiger partial charge in [-0.15, -0.1) is 0 Å². The molecule has 132 valence electrons. The molecule has 1 aliphatic rings. The van der Waals surface area contributed by atoms with Crippen LogP contribution in [0.3, 0.4) is 0 Å². The number of hydrogen-bond acceptors (Lipinski definition) is 3. The van der Waals surface area contributed by atoms with Crippen molar-refractivity contribution in [2.24, 2.45) is 0 Å². The molecular formula is C21H22N4O. The topological polar surface area (TPSA) is 61.0 Å². The van der Waals surface area contributed by atoms with E-state index < -0.39 is 0 Å². The Morgan fingerprint density at radius 2 is 2.08 bits per heavy atom. The Hall–Kier alpha value is -3.08. The van der Waals surface area contributed by atoms with Gasteiger partial charge in [0.1, 0.15) is 0 Å². The Labute approximate surface area is 153 Å². The van der Waals surface area contributed by atoms with Gasteiger partial charge < -0.3 is 10.2 Å². The van der Waals surface area contributed by atoms with Crippen LogP contribution in [-0.2, 0) is 13.0 Å². The third-order valence-corrected chi connectivity index (χ3v) is 4.89. The molecule has 0 atom stereocenters.